The Bertz CT molecular complexity index is 2380. The molecule has 0 atom stereocenters. The van der Waals surface area contributed by atoms with Crippen molar-refractivity contribution in [2.24, 2.45) is 0 Å². The summed E-state index contributed by atoms with van der Waals surface area (Å²) in [7, 11) is 0. The van der Waals surface area contributed by atoms with Crippen LogP contribution < -0.4 is 0 Å². The molecule has 0 unspecified atom stereocenters. The zero-order chi connectivity index (χ0) is 34.7. The maximum absolute atomic E-state index is 5.14. The topological polar surface area (TPSA) is 51.6 Å². The number of aromatic nitrogens is 4. The average molecular weight is 659 g/mol. The van der Waals surface area contributed by atoms with Gasteiger partial charge in [0.05, 0.1) is 0 Å². The van der Waals surface area contributed by atoms with E-state index in [1.807, 2.05) is 49.5 Å². The second kappa shape index (κ2) is 13.9. The maximum Gasteiger partial charge on any atom is 0.164 e. The van der Waals surface area contributed by atoms with E-state index >= 15 is 0 Å². The molecule has 0 spiro atoms. The van der Waals surface area contributed by atoms with E-state index in [1.165, 1.54) is 27.8 Å². The van der Waals surface area contributed by atoms with Crippen molar-refractivity contribution >= 4 is 12.2 Å². The Balaban J connectivity index is 1.38. The van der Waals surface area contributed by atoms with Crippen LogP contribution in [-0.4, -0.2) is 19.9 Å². The van der Waals surface area contributed by atoms with E-state index in [9.17, 15) is 0 Å². The third kappa shape index (κ3) is 6.56. The average Bonchev–Trinajstić information content (AvgIpc) is 3.19. The van der Waals surface area contributed by atoms with Gasteiger partial charge in [-0.1, -0.05) is 103 Å². The van der Waals surface area contributed by atoms with Crippen LogP contribution in [0.1, 0.15) is 41.3 Å². The van der Waals surface area contributed by atoms with E-state index in [4.69, 9.17) is 15.0 Å². The van der Waals surface area contributed by atoms with Gasteiger partial charge in [0.15, 0.2) is 17.5 Å². The lowest BCUT2D eigenvalue weighted by Crippen LogP contribution is -2.03. The molecule has 2 heterocycles. The van der Waals surface area contributed by atoms with Gasteiger partial charge in [-0.2, -0.15) is 0 Å². The van der Waals surface area contributed by atoms with Gasteiger partial charge in [0.1, 0.15) is 0 Å². The van der Waals surface area contributed by atoms with Gasteiger partial charge in [-0.3, -0.25) is 4.98 Å². The molecule has 2 aromatic heterocycles. The molecule has 5 aromatic carbocycles. The lowest BCUT2D eigenvalue weighted by atomic mass is 9.84. The van der Waals surface area contributed by atoms with E-state index in [0.717, 1.165) is 63.0 Å². The summed E-state index contributed by atoms with van der Waals surface area (Å²) in [6.45, 7) is 6.40. The number of allylic oxidation sites excluding steroid dienone is 2. The summed E-state index contributed by atoms with van der Waals surface area (Å²) in [4.78, 5) is 19.7. The monoisotopic (exact) mass is 658 g/mol. The Morgan fingerprint density at radius 3 is 1.78 bits per heavy atom. The van der Waals surface area contributed by atoms with Gasteiger partial charge in [-0.25, -0.2) is 15.0 Å². The molecule has 7 aromatic rings. The van der Waals surface area contributed by atoms with Crippen molar-refractivity contribution in [1.82, 2.24) is 19.9 Å². The number of hydrogen-bond donors (Lipinski definition) is 0. The molecular formula is C47H38N4. The zero-order valence-corrected chi connectivity index (χ0v) is 29.1. The summed E-state index contributed by atoms with van der Waals surface area (Å²) in [5.41, 5.74) is 16.0. The fraction of sp³-hybridized carbons (Fsp3) is 0.106. The van der Waals surface area contributed by atoms with E-state index in [1.54, 1.807) is 0 Å². The summed E-state index contributed by atoms with van der Waals surface area (Å²) in [6, 6.07) is 42.4. The lowest BCUT2D eigenvalue weighted by molar-refractivity contribution is 0.970. The molecule has 0 radical (unpaired) electrons. The van der Waals surface area contributed by atoms with E-state index in [2.05, 4.69) is 128 Å². The van der Waals surface area contributed by atoms with Gasteiger partial charge in [-0.05, 0) is 132 Å². The highest BCUT2D eigenvalue weighted by Gasteiger charge is 2.19. The van der Waals surface area contributed by atoms with Crippen LogP contribution in [0.25, 0.3) is 79.7 Å². The molecule has 0 bridgehead atoms. The predicted molar refractivity (Wildman–Crippen MR) is 212 cm³/mol. The Hall–Kier alpha value is -6.26. The zero-order valence-electron chi connectivity index (χ0n) is 29.1. The molecule has 8 rings (SSSR count). The van der Waals surface area contributed by atoms with Crippen LogP contribution in [0, 0.1) is 13.8 Å². The fourth-order valence-electron chi connectivity index (χ4n) is 7.06. The third-order valence-corrected chi connectivity index (χ3v) is 9.61. The lowest BCUT2D eigenvalue weighted by Gasteiger charge is -2.21. The molecule has 0 fully saturated rings. The normalized spacial score (nSPS) is 12.3. The van der Waals surface area contributed by atoms with Gasteiger partial charge in [0.25, 0.3) is 0 Å². The quantitative estimate of drug-likeness (QED) is 0.171. The van der Waals surface area contributed by atoms with Crippen molar-refractivity contribution in [1.29, 1.82) is 0 Å². The van der Waals surface area contributed by atoms with Crippen molar-refractivity contribution in [3.63, 3.8) is 0 Å². The van der Waals surface area contributed by atoms with Crippen molar-refractivity contribution < 1.29 is 0 Å². The van der Waals surface area contributed by atoms with Gasteiger partial charge in [0.2, 0.25) is 0 Å². The van der Waals surface area contributed by atoms with Gasteiger partial charge >= 0.3 is 0 Å². The molecule has 0 saturated carbocycles. The van der Waals surface area contributed by atoms with Crippen LogP contribution in [0.3, 0.4) is 0 Å². The van der Waals surface area contributed by atoms with E-state index in [0.29, 0.717) is 17.5 Å². The van der Waals surface area contributed by atoms with Crippen molar-refractivity contribution in [2.45, 2.75) is 33.6 Å². The number of nitrogens with zero attached hydrogens (tertiary/aromatic N) is 4. The van der Waals surface area contributed by atoms with Crippen LogP contribution >= 0.6 is 0 Å². The minimum Gasteiger partial charge on any atom is -0.262 e. The fourth-order valence-corrected chi connectivity index (χ4v) is 7.06. The first kappa shape index (κ1) is 32.0. The second-order valence-corrected chi connectivity index (χ2v) is 13.1. The minimum absolute atomic E-state index is 0.633. The van der Waals surface area contributed by atoms with Gasteiger partial charge < -0.3 is 0 Å². The molecule has 51 heavy (non-hydrogen) atoms. The number of benzene rings is 5. The molecular weight excluding hydrogens is 621 g/mol. The third-order valence-electron chi connectivity index (χ3n) is 9.61. The van der Waals surface area contributed by atoms with E-state index in [-0.39, 0.29) is 0 Å². The Morgan fingerprint density at radius 2 is 1.12 bits per heavy atom. The highest BCUT2D eigenvalue weighted by Crippen LogP contribution is 2.39. The number of aryl methyl sites for hydroxylation is 1. The number of fused-ring (bicyclic) bond motifs is 1. The summed E-state index contributed by atoms with van der Waals surface area (Å²) >= 11 is 0. The van der Waals surface area contributed by atoms with Crippen LogP contribution in [0.5, 0.6) is 0 Å². The highest BCUT2D eigenvalue weighted by molar-refractivity contribution is 5.87. The molecule has 0 saturated heterocycles. The van der Waals surface area contributed by atoms with Crippen LogP contribution in [0.4, 0.5) is 0 Å². The molecule has 0 aliphatic heterocycles. The molecule has 246 valence electrons. The van der Waals surface area contributed by atoms with Crippen LogP contribution in [0.15, 0.2) is 140 Å². The standard InChI is InChI=1S/C47H38N4/c1-4-14-43-32(3)42-22-12-11-19-38(42)30-44(43)40-27-39(36-21-13-20-35(26-36)37-23-24-48-31(2)25-37)28-41(29-40)47-50-45(33-15-7-5-8-16-33)49-46(51-47)34-17-9-6-10-18-34/h4-11,13-21,23-30H,12,22H2,1-3H3/b14-4-. The Kier molecular flexibility index (Phi) is 8.73. The first-order valence-corrected chi connectivity index (χ1v) is 17.6. The summed E-state index contributed by atoms with van der Waals surface area (Å²) < 4.78 is 0. The van der Waals surface area contributed by atoms with Crippen LogP contribution in [-0.2, 0) is 6.42 Å². The summed E-state index contributed by atoms with van der Waals surface area (Å²) in [5.74, 6) is 1.92. The molecule has 0 amide bonds. The second-order valence-electron chi connectivity index (χ2n) is 13.1. The minimum atomic E-state index is 0.633. The van der Waals surface area contributed by atoms with Crippen LogP contribution in [0.2, 0.25) is 0 Å². The van der Waals surface area contributed by atoms with Gasteiger partial charge in [-0.15, -0.1) is 0 Å². The largest absolute Gasteiger partial charge is 0.262 e. The van der Waals surface area contributed by atoms with Gasteiger partial charge in [0, 0.05) is 28.6 Å². The Morgan fingerprint density at radius 1 is 0.549 bits per heavy atom. The molecule has 0 N–H and O–H groups in total. The first-order chi connectivity index (χ1) is 25.0. The summed E-state index contributed by atoms with van der Waals surface area (Å²) in [6.07, 6.45) is 13.0. The van der Waals surface area contributed by atoms with Crippen molar-refractivity contribution in [2.75, 3.05) is 0 Å². The highest BCUT2D eigenvalue weighted by atomic mass is 15.0. The number of hydrogen-bond acceptors (Lipinski definition) is 4. The number of pyridine rings is 1. The van der Waals surface area contributed by atoms with Crippen molar-refractivity contribution in [3.8, 4) is 67.5 Å². The van der Waals surface area contributed by atoms with E-state index < -0.39 is 0 Å². The SMILES string of the molecule is C/C=C\c1c(-c2cc(-c3cccc(-c4ccnc(C)c4)c3)cc(-c3nc(-c4ccccc4)nc(-c4ccccc4)n3)c2)cc2c(c1C)CCC=C2. The smallest absolute Gasteiger partial charge is 0.164 e. The predicted octanol–water partition coefficient (Wildman–Crippen LogP) is 11.9. The number of rotatable bonds is 7. The Labute approximate surface area is 300 Å². The summed E-state index contributed by atoms with van der Waals surface area (Å²) in [5, 5.41) is 0. The molecule has 4 nitrogen and oxygen atoms in total. The first-order valence-electron chi connectivity index (χ1n) is 17.6. The molecule has 4 heteroatoms. The van der Waals surface area contributed by atoms with Crippen molar-refractivity contribution in [3.05, 3.63) is 168 Å². The maximum atomic E-state index is 5.14. The molecule has 1 aliphatic carbocycles. The molecule has 1 aliphatic rings.